The minimum Gasteiger partial charge on any atom is -0.481 e. The first-order chi connectivity index (χ1) is 23.8. The number of anilines is 1. The van der Waals surface area contributed by atoms with E-state index in [0.29, 0.717) is 45.4 Å². The number of carbonyl (C=O) groups is 3. The van der Waals surface area contributed by atoms with E-state index in [1.54, 1.807) is 0 Å². The van der Waals surface area contributed by atoms with Crippen molar-refractivity contribution in [1.29, 1.82) is 0 Å². The van der Waals surface area contributed by atoms with Crippen LogP contribution in [-0.2, 0) is 37.0 Å². The Kier molecular flexibility index (Phi) is 11.3. The van der Waals surface area contributed by atoms with Crippen LogP contribution in [0.1, 0.15) is 79.6 Å². The first-order valence-electron chi connectivity index (χ1n) is 17.2. The molecule has 0 saturated carbocycles. The number of carboxylic acid groups (broad SMARTS) is 1. The van der Waals surface area contributed by atoms with Gasteiger partial charge in [-0.25, -0.2) is 0 Å². The third-order valence-electron chi connectivity index (χ3n) is 9.95. The van der Waals surface area contributed by atoms with Gasteiger partial charge in [0.2, 0.25) is 11.8 Å². The third-order valence-corrected chi connectivity index (χ3v) is 9.95. The molecule has 11 heteroatoms. The van der Waals surface area contributed by atoms with E-state index < -0.39 is 17.8 Å². The summed E-state index contributed by atoms with van der Waals surface area (Å²) in [7, 11) is 0. The summed E-state index contributed by atoms with van der Waals surface area (Å²) in [6, 6.07) is 25.8. The normalized spacial score (nSPS) is 22.2. The summed E-state index contributed by atoms with van der Waals surface area (Å²) >= 11 is 0. The van der Waals surface area contributed by atoms with Gasteiger partial charge in [0.05, 0.1) is 25.5 Å². The zero-order valence-electron chi connectivity index (χ0n) is 27.8. The summed E-state index contributed by atoms with van der Waals surface area (Å²) in [5.74, 6) is -0.849. The predicted molar refractivity (Wildman–Crippen MR) is 183 cm³/mol. The van der Waals surface area contributed by atoms with Crippen molar-refractivity contribution >= 4 is 23.5 Å². The van der Waals surface area contributed by atoms with Gasteiger partial charge >= 0.3 is 5.97 Å². The summed E-state index contributed by atoms with van der Waals surface area (Å²) in [4.78, 5) is 40.7. The van der Waals surface area contributed by atoms with Gasteiger partial charge in [0, 0.05) is 56.7 Å². The van der Waals surface area contributed by atoms with Crippen LogP contribution in [-0.4, -0.2) is 70.8 Å². The van der Waals surface area contributed by atoms with E-state index in [1.165, 1.54) is 0 Å². The molecule has 3 saturated heterocycles. The number of rotatable bonds is 13. The topological polar surface area (TPSA) is 141 Å². The van der Waals surface area contributed by atoms with Crippen molar-refractivity contribution < 1.29 is 34.1 Å². The summed E-state index contributed by atoms with van der Waals surface area (Å²) in [5, 5.41) is 24.3. The molecule has 0 aliphatic carbocycles. The van der Waals surface area contributed by atoms with Crippen LogP contribution >= 0.6 is 0 Å². The Balaban J connectivity index is 1.09. The molecule has 3 atom stereocenters. The van der Waals surface area contributed by atoms with Crippen LogP contribution in [0.2, 0.25) is 0 Å². The predicted octanol–water partition coefficient (Wildman–Crippen LogP) is 4.41. The Morgan fingerprint density at radius 1 is 0.878 bits per heavy atom. The fourth-order valence-electron chi connectivity index (χ4n) is 7.10. The van der Waals surface area contributed by atoms with Crippen LogP contribution in [0.15, 0.2) is 78.9 Å². The first kappa shape index (κ1) is 34.6. The maximum Gasteiger partial charge on any atom is 0.303 e. The molecule has 0 aromatic heterocycles. The highest BCUT2D eigenvalue weighted by molar-refractivity contribution is 5.93. The largest absolute Gasteiger partial charge is 0.481 e. The number of benzene rings is 3. The van der Waals surface area contributed by atoms with Crippen LogP contribution in [0.4, 0.5) is 5.69 Å². The molecule has 3 aliphatic rings. The number of aliphatic hydroxyl groups excluding tert-OH is 1. The molecule has 4 N–H and O–H groups in total. The Morgan fingerprint density at radius 3 is 2.24 bits per heavy atom. The van der Waals surface area contributed by atoms with E-state index in [1.807, 2.05) is 66.7 Å². The number of nitrogens with zero attached hydrogens (tertiary/aromatic N) is 2. The van der Waals surface area contributed by atoms with Crippen molar-refractivity contribution in [1.82, 2.24) is 15.5 Å². The van der Waals surface area contributed by atoms with Crippen molar-refractivity contribution in [2.24, 2.45) is 0 Å². The fraction of sp³-hybridized carbons (Fsp3) is 0.447. The van der Waals surface area contributed by atoms with E-state index in [2.05, 4.69) is 32.6 Å². The van der Waals surface area contributed by atoms with Crippen LogP contribution in [0.3, 0.4) is 0 Å². The average Bonchev–Trinajstić information content (AvgIpc) is 3.45. The number of hydrogen-bond donors (Lipinski definition) is 4. The summed E-state index contributed by atoms with van der Waals surface area (Å²) in [6.45, 7) is 3.14. The maximum atomic E-state index is 13.2. The second-order valence-electron chi connectivity index (χ2n) is 13.2. The molecule has 260 valence electrons. The number of likely N-dealkylation sites (tertiary alicyclic amines) is 1. The van der Waals surface area contributed by atoms with Gasteiger partial charge < -0.3 is 40.1 Å². The molecule has 11 nitrogen and oxygen atoms in total. The lowest BCUT2D eigenvalue weighted by Gasteiger charge is -2.45. The highest BCUT2D eigenvalue weighted by Gasteiger charge is 2.50. The summed E-state index contributed by atoms with van der Waals surface area (Å²) in [6.07, 6.45) is 2.61. The molecule has 2 amide bonds. The van der Waals surface area contributed by atoms with Crippen LogP contribution < -0.4 is 15.5 Å². The van der Waals surface area contributed by atoms with Crippen LogP contribution in [0.5, 0.6) is 0 Å². The number of piperidine rings is 1. The van der Waals surface area contributed by atoms with Gasteiger partial charge in [-0.1, -0.05) is 66.7 Å². The zero-order chi connectivity index (χ0) is 34.2. The zero-order valence-corrected chi connectivity index (χ0v) is 27.8. The number of carbonyl (C=O) groups excluding carboxylic acids is 2. The standard InChI is InChI=1S/C38H46N4O7/c43-25-28-12-14-29(15-13-28)33-22-32(24-41-20-18-38(19-21-41)37(47)40-26-42(38)31-6-2-1-3-7-31)48-36(49-33)30-16-10-27(11-17-30)23-39-34(44)8-4-5-9-35(45)46/h1-3,6-7,10-17,32-33,36,43H,4-5,8-9,18-26H2,(H,39,44)(H,40,47)(H,45,46)/t32-,33+,36+/m1/s1. The van der Waals surface area contributed by atoms with E-state index in [-0.39, 0.29) is 37.0 Å². The number of amides is 2. The second-order valence-corrected chi connectivity index (χ2v) is 13.2. The number of ether oxygens (including phenoxy) is 2. The molecular weight excluding hydrogens is 624 g/mol. The lowest BCUT2D eigenvalue weighted by molar-refractivity contribution is -0.253. The van der Waals surface area contributed by atoms with Gasteiger partial charge in [-0.15, -0.1) is 0 Å². The number of carboxylic acids is 1. The lowest BCUT2D eigenvalue weighted by Crippen LogP contribution is -2.57. The van der Waals surface area contributed by atoms with E-state index in [9.17, 15) is 19.5 Å². The molecule has 0 radical (unpaired) electrons. The van der Waals surface area contributed by atoms with E-state index in [0.717, 1.165) is 53.9 Å². The van der Waals surface area contributed by atoms with Crippen molar-refractivity contribution in [3.8, 4) is 0 Å². The molecule has 3 aromatic rings. The van der Waals surface area contributed by atoms with E-state index >= 15 is 0 Å². The van der Waals surface area contributed by atoms with Gasteiger partial charge in [0.15, 0.2) is 6.29 Å². The molecule has 0 unspecified atom stereocenters. The molecule has 0 bridgehead atoms. The molecule has 3 heterocycles. The van der Waals surface area contributed by atoms with Gasteiger partial charge in [0.1, 0.15) is 5.54 Å². The highest BCUT2D eigenvalue weighted by atomic mass is 16.7. The quantitative estimate of drug-likeness (QED) is 0.195. The van der Waals surface area contributed by atoms with Gasteiger partial charge in [-0.2, -0.15) is 0 Å². The Morgan fingerprint density at radius 2 is 1.55 bits per heavy atom. The molecule has 1 spiro atoms. The monoisotopic (exact) mass is 670 g/mol. The number of aliphatic carboxylic acids is 1. The summed E-state index contributed by atoms with van der Waals surface area (Å²) < 4.78 is 13.1. The molecule has 3 aliphatic heterocycles. The Labute approximate surface area is 287 Å². The van der Waals surface area contributed by atoms with Crippen LogP contribution in [0.25, 0.3) is 0 Å². The first-order valence-corrected chi connectivity index (χ1v) is 17.2. The van der Waals surface area contributed by atoms with Gasteiger partial charge in [0.25, 0.3) is 0 Å². The fourth-order valence-corrected chi connectivity index (χ4v) is 7.10. The van der Waals surface area contributed by atoms with Gasteiger partial charge in [-0.3, -0.25) is 14.4 Å². The number of unbranched alkanes of at least 4 members (excludes halogenated alkanes) is 1. The van der Waals surface area contributed by atoms with Gasteiger partial charge in [-0.05, 0) is 54.5 Å². The molecule has 6 rings (SSSR count). The molecule has 49 heavy (non-hydrogen) atoms. The van der Waals surface area contributed by atoms with Crippen molar-refractivity contribution in [3.05, 3.63) is 101 Å². The molecule has 3 aromatic carbocycles. The number of hydrogen-bond acceptors (Lipinski definition) is 8. The van der Waals surface area contributed by atoms with Crippen molar-refractivity contribution in [2.45, 2.75) is 82.1 Å². The molecule has 3 fully saturated rings. The smallest absolute Gasteiger partial charge is 0.303 e. The van der Waals surface area contributed by atoms with E-state index in [4.69, 9.17) is 14.6 Å². The maximum absolute atomic E-state index is 13.2. The molecular formula is C38H46N4O7. The Bertz CT molecular complexity index is 1560. The summed E-state index contributed by atoms with van der Waals surface area (Å²) in [5.41, 5.74) is 4.20. The highest BCUT2D eigenvalue weighted by Crippen LogP contribution is 2.40. The van der Waals surface area contributed by atoms with Crippen molar-refractivity contribution in [2.75, 3.05) is 31.2 Å². The number of nitrogens with one attached hydrogen (secondary N) is 2. The third kappa shape index (κ3) is 8.48. The van der Waals surface area contributed by atoms with Crippen LogP contribution in [0, 0.1) is 0 Å². The average molecular weight is 671 g/mol. The minimum atomic E-state index is -0.849. The SMILES string of the molecule is O=C(O)CCCCC(=O)NCc1ccc([C@H]2O[C@@H](CN3CCC4(CC3)C(=O)NCN4c3ccccc3)C[C@@H](c3ccc(CO)cc3)O2)cc1. The lowest BCUT2D eigenvalue weighted by atomic mass is 9.85. The minimum absolute atomic E-state index is 0.0200. The Hall–Kier alpha value is -4.29. The van der Waals surface area contributed by atoms with Crippen molar-refractivity contribution in [3.63, 3.8) is 0 Å². The second kappa shape index (κ2) is 15.9. The number of para-hydroxylation sites is 1. The number of aliphatic hydroxyl groups is 1.